The molecule has 0 saturated carbocycles. The maximum atomic E-state index is 9.93. The third-order valence-electron chi connectivity index (χ3n) is 3.43. The van der Waals surface area contributed by atoms with E-state index >= 15 is 0 Å². The molecule has 27 heavy (non-hydrogen) atoms. The fourth-order valence-corrected chi connectivity index (χ4v) is 3.15. The fraction of sp³-hybridized carbons (Fsp3) is 0.944. The molecule has 0 aromatic rings. The summed E-state index contributed by atoms with van der Waals surface area (Å²) < 4.78 is 30.2. The topological polar surface area (TPSA) is 95.5 Å². The van der Waals surface area contributed by atoms with Crippen LogP contribution in [0.15, 0.2) is 0 Å². The fourth-order valence-electron chi connectivity index (χ4n) is 1.63. The lowest BCUT2D eigenvalue weighted by atomic mass is 10.5. The van der Waals surface area contributed by atoms with Crippen LogP contribution in [0, 0.1) is 0 Å². The van der Waals surface area contributed by atoms with Crippen molar-refractivity contribution in [3.05, 3.63) is 0 Å². The number of carbonyl (C=O) groups excluding carboxylic acids is 1. The Morgan fingerprint density at radius 1 is 0.667 bits per heavy atom. The predicted octanol–water partition coefficient (Wildman–Crippen LogP) is 0.379. The highest BCUT2D eigenvalue weighted by atomic mass is 31.2. The Morgan fingerprint density at radius 2 is 1.07 bits per heavy atom. The summed E-state index contributed by atoms with van der Waals surface area (Å²) in [5.74, 6) is -1.10. The zero-order valence-corrected chi connectivity index (χ0v) is 18.6. The second kappa shape index (κ2) is 22.0. The van der Waals surface area contributed by atoms with E-state index in [4.69, 9.17) is 28.4 Å². The van der Waals surface area contributed by atoms with Crippen LogP contribution >= 0.6 is 7.26 Å². The van der Waals surface area contributed by atoms with Crippen molar-refractivity contribution in [2.45, 2.75) is 6.42 Å². The van der Waals surface area contributed by atoms with Crippen LogP contribution in [0.3, 0.4) is 0 Å². The Bertz CT molecular complexity index is 316. The number of ether oxygens (including phenoxy) is 6. The summed E-state index contributed by atoms with van der Waals surface area (Å²) in [6.45, 7) is 9.95. The van der Waals surface area contributed by atoms with Crippen molar-refractivity contribution in [2.75, 3.05) is 106 Å². The first-order valence-corrected chi connectivity index (χ1v) is 12.2. The van der Waals surface area contributed by atoms with Crippen molar-refractivity contribution in [1.82, 2.24) is 0 Å². The molecule has 0 aliphatic rings. The van der Waals surface area contributed by atoms with Gasteiger partial charge in [0.2, 0.25) is 0 Å². The first kappa shape index (κ1) is 28.9. The molecule has 0 aromatic carbocycles. The van der Waals surface area contributed by atoms with Crippen LogP contribution in [0.4, 0.5) is 0 Å². The van der Waals surface area contributed by atoms with Crippen LogP contribution in [0.2, 0.25) is 0 Å². The maximum absolute atomic E-state index is 9.93. The molecule has 0 radical (unpaired) electrons. The van der Waals surface area contributed by atoms with E-state index in [9.17, 15) is 9.90 Å². The molecular formula is C18H39O8P. The molecule has 0 saturated heterocycles. The van der Waals surface area contributed by atoms with E-state index in [1.807, 2.05) is 0 Å². The number of carbonyl (C=O) groups is 1. The summed E-state index contributed by atoms with van der Waals surface area (Å²) in [6.07, 6.45) is 2.30. The third kappa shape index (κ3) is 28.0. The first-order valence-electron chi connectivity index (χ1n) is 9.11. The van der Waals surface area contributed by atoms with Gasteiger partial charge < -0.3 is 38.3 Å². The minimum Gasteiger partial charge on any atom is -0.550 e. The van der Waals surface area contributed by atoms with E-state index < -0.39 is 13.2 Å². The molecule has 0 bridgehead atoms. The molecule has 0 amide bonds. The first-order chi connectivity index (χ1) is 12.9. The van der Waals surface area contributed by atoms with Crippen molar-refractivity contribution in [1.29, 1.82) is 0 Å². The Balaban J connectivity index is 0. The highest BCUT2D eigenvalue weighted by Crippen LogP contribution is 2.50. The number of aliphatic carboxylic acids is 1. The lowest BCUT2D eigenvalue weighted by molar-refractivity contribution is -0.306. The maximum Gasteiger partial charge on any atom is 0.0823 e. The van der Waals surface area contributed by atoms with Crippen molar-refractivity contribution in [3.8, 4) is 0 Å². The number of carboxylic acids is 1. The molecule has 0 unspecified atom stereocenters. The van der Waals surface area contributed by atoms with Crippen LogP contribution in [0.25, 0.3) is 0 Å². The highest BCUT2D eigenvalue weighted by Gasteiger charge is 2.23. The second-order valence-corrected chi connectivity index (χ2v) is 11.1. The molecule has 8 nitrogen and oxygen atoms in total. The summed E-state index contributed by atoms with van der Waals surface area (Å²) in [7, 11) is 4.25. The quantitative estimate of drug-likeness (QED) is 0.235. The van der Waals surface area contributed by atoms with E-state index in [0.29, 0.717) is 39.6 Å². The molecule has 0 rings (SSSR count). The summed E-state index contributed by atoms with van der Waals surface area (Å²) in [5.41, 5.74) is 0. The van der Waals surface area contributed by atoms with Gasteiger partial charge in [-0.25, -0.2) is 0 Å². The average Bonchev–Trinajstić information content (AvgIpc) is 2.62. The normalized spacial score (nSPS) is 11.1. The molecule has 0 aromatic heterocycles. The van der Waals surface area contributed by atoms with Gasteiger partial charge in [0.15, 0.2) is 0 Å². The highest BCUT2D eigenvalue weighted by molar-refractivity contribution is 7.74. The number of methoxy groups -OCH3 is 3. The minimum atomic E-state index is -1.10. The Morgan fingerprint density at radius 3 is 1.56 bits per heavy atom. The van der Waals surface area contributed by atoms with Gasteiger partial charge in [0.25, 0.3) is 0 Å². The molecule has 0 heterocycles. The second-order valence-electron chi connectivity index (χ2n) is 6.32. The lowest BCUT2D eigenvalue weighted by Crippen LogP contribution is -2.23. The van der Waals surface area contributed by atoms with Gasteiger partial charge in [-0.3, -0.25) is 0 Å². The van der Waals surface area contributed by atoms with E-state index in [2.05, 4.69) is 13.3 Å². The molecule has 0 N–H and O–H groups in total. The summed E-state index contributed by atoms with van der Waals surface area (Å²) >= 11 is 0. The summed E-state index contributed by atoms with van der Waals surface area (Å²) in [6, 6.07) is 0. The summed E-state index contributed by atoms with van der Waals surface area (Å²) in [4.78, 5) is 9.93. The van der Waals surface area contributed by atoms with Gasteiger partial charge in [-0.2, -0.15) is 0 Å². The summed E-state index contributed by atoms with van der Waals surface area (Å²) in [5, 5.41) is 9.93. The molecule has 0 atom stereocenters. The zero-order valence-electron chi connectivity index (χ0n) is 17.7. The standard InChI is InChI=1S/C10H24O3P.C8H16O5/c1-11-5-6-13-8-10-14(3,4)9-7-12-2;1-11-4-5-13-7-6-12-3-2-8(9)10/h5-10H2,1-4H3;2-7H2,1H3,(H,9,10)/q+1;/p-1. The van der Waals surface area contributed by atoms with Crippen LogP contribution in [-0.4, -0.2) is 112 Å². The Kier molecular flexibility index (Phi) is 23.5. The number of carboxylic acid groups (broad SMARTS) is 1. The van der Waals surface area contributed by atoms with Gasteiger partial charge in [-0.1, -0.05) is 0 Å². The van der Waals surface area contributed by atoms with Crippen molar-refractivity contribution < 1.29 is 38.3 Å². The molecule has 0 aliphatic carbocycles. The van der Waals surface area contributed by atoms with Gasteiger partial charge in [-0.15, -0.1) is 0 Å². The van der Waals surface area contributed by atoms with Gasteiger partial charge >= 0.3 is 0 Å². The molecular weight excluding hydrogens is 375 g/mol. The molecule has 164 valence electrons. The van der Waals surface area contributed by atoms with Crippen molar-refractivity contribution in [2.24, 2.45) is 0 Å². The van der Waals surface area contributed by atoms with E-state index in [-0.39, 0.29) is 13.0 Å². The predicted molar refractivity (Wildman–Crippen MR) is 106 cm³/mol. The van der Waals surface area contributed by atoms with Crippen LogP contribution in [-0.2, 0) is 33.2 Å². The number of rotatable bonds is 18. The molecule has 0 fully saturated rings. The largest absolute Gasteiger partial charge is 0.550 e. The number of hydrogen-bond donors (Lipinski definition) is 0. The van der Waals surface area contributed by atoms with Crippen LogP contribution in [0.5, 0.6) is 0 Å². The van der Waals surface area contributed by atoms with Gasteiger partial charge in [0.05, 0.1) is 71.8 Å². The van der Waals surface area contributed by atoms with Crippen molar-refractivity contribution >= 4 is 13.2 Å². The molecule has 9 heteroatoms. The molecule has 0 spiro atoms. The van der Waals surface area contributed by atoms with Gasteiger partial charge in [0, 0.05) is 54.3 Å². The van der Waals surface area contributed by atoms with Gasteiger partial charge in [-0.05, 0) is 0 Å². The van der Waals surface area contributed by atoms with Crippen molar-refractivity contribution in [3.63, 3.8) is 0 Å². The van der Waals surface area contributed by atoms with Gasteiger partial charge in [0.1, 0.15) is 0 Å². The number of hydrogen-bond acceptors (Lipinski definition) is 8. The monoisotopic (exact) mass is 414 g/mol. The molecule has 0 aliphatic heterocycles. The lowest BCUT2D eigenvalue weighted by Gasteiger charge is -2.17. The average molecular weight is 414 g/mol. The Hall–Kier alpha value is -0.340. The smallest absolute Gasteiger partial charge is 0.0823 e. The zero-order chi connectivity index (χ0) is 20.8. The van der Waals surface area contributed by atoms with E-state index in [1.165, 1.54) is 12.3 Å². The van der Waals surface area contributed by atoms with Crippen LogP contribution < -0.4 is 5.11 Å². The Labute approximate surface area is 165 Å². The van der Waals surface area contributed by atoms with Crippen LogP contribution in [0.1, 0.15) is 6.42 Å². The SMILES string of the molecule is COCCOCCOCCC(=O)[O-].COCCOCC[P+](C)(C)CCOC. The van der Waals surface area contributed by atoms with E-state index in [0.717, 1.165) is 13.2 Å². The minimum absolute atomic E-state index is 0.0714. The van der Waals surface area contributed by atoms with E-state index in [1.54, 1.807) is 21.3 Å². The third-order valence-corrected chi connectivity index (χ3v) is 6.21.